The van der Waals surface area contributed by atoms with Crippen LogP contribution in [-0.2, 0) is 11.3 Å². The third-order valence-corrected chi connectivity index (χ3v) is 5.80. The first-order valence-electron chi connectivity index (χ1n) is 10.0. The molecule has 0 aromatic carbocycles. The van der Waals surface area contributed by atoms with E-state index in [1.165, 1.54) is 45.2 Å². The molecule has 0 spiro atoms. The highest BCUT2D eigenvalue weighted by Crippen LogP contribution is 2.33. The van der Waals surface area contributed by atoms with Crippen LogP contribution in [0.25, 0.3) is 0 Å². The Balaban J connectivity index is 1.33. The van der Waals surface area contributed by atoms with Crippen LogP contribution in [0.4, 0.5) is 0 Å². The predicted octanol–water partition coefficient (Wildman–Crippen LogP) is 2.45. The first-order chi connectivity index (χ1) is 12.1. The summed E-state index contributed by atoms with van der Waals surface area (Å²) < 4.78 is 1.92. The third kappa shape index (κ3) is 5.03. The van der Waals surface area contributed by atoms with Crippen LogP contribution < -0.4 is 5.32 Å². The molecule has 1 aromatic rings. The van der Waals surface area contributed by atoms with E-state index in [-0.39, 0.29) is 5.91 Å². The van der Waals surface area contributed by atoms with E-state index in [2.05, 4.69) is 20.3 Å². The molecule has 2 aliphatic heterocycles. The molecule has 0 bridgehead atoms. The van der Waals surface area contributed by atoms with Gasteiger partial charge in [-0.2, -0.15) is 5.10 Å². The number of aromatic nitrogens is 3. The summed E-state index contributed by atoms with van der Waals surface area (Å²) >= 11 is 0. The molecule has 6 heteroatoms. The maximum Gasteiger partial charge on any atom is 0.220 e. The first-order valence-corrected chi connectivity index (χ1v) is 10.0. The van der Waals surface area contributed by atoms with Crippen LogP contribution in [0.1, 0.15) is 63.0 Å². The number of carbonyl (C=O) groups is 1. The monoisotopic (exact) mass is 347 g/mol. The molecule has 0 radical (unpaired) electrons. The van der Waals surface area contributed by atoms with E-state index >= 15 is 0 Å². The smallest absolute Gasteiger partial charge is 0.220 e. The van der Waals surface area contributed by atoms with Crippen molar-refractivity contribution in [1.29, 1.82) is 0 Å². The molecule has 1 N–H and O–H groups in total. The standard InChI is InChI=1S/C19H33N5O/c1-15-21-16(2)24(22-15)14-6-11-20-19(25)10-9-17-7-5-13-23-12-4-3-8-18(17)23/h17-18H,3-14H2,1-2H3,(H,20,25)/t17-,18+/m0/s1. The Bertz CT molecular complexity index is 568. The van der Waals surface area contributed by atoms with Crippen LogP contribution in [0, 0.1) is 19.8 Å². The second-order valence-electron chi connectivity index (χ2n) is 7.67. The zero-order valence-corrected chi connectivity index (χ0v) is 15.8. The molecular formula is C19H33N5O. The van der Waals surface area contributed by atoms with Gasteiger partial charge in [-0.05, 0) is 71.4 Å². The maximum absolute atomic E-state index is 12.2. The largest absolute Gasteiger partial charge is 0.356 e. The number of amides is 1. The van der Waals surface area contributed by atoms with Crippen molar-refractivity contribution < 1.29 is 4.79 Å². The molecule has 3 rings (SSSR count). The molecule has 25 heavy (non-hydrogen) atoms. The third-order valence-electron chi connectivity index (χ3n) is 5.80. The van der Waals surface area contributed by atoms with Gasteiger partial charge in [-0.3, -0.25) is 9.48 Å². The van der Waals surface area contributed by atoms with Gasteiger partial charge in [-0.1, -0.05) is 6.42 Å². The quantitative estimate of drug-likeness (QED) is 0.770. The van der Waals surface area contributed by atoms with Crippen molar-refractivity contribution in [2.45, 2.75) is 77.8 Å². The highest BCUT2D eigenvalue weighted by molar-refractivity contribution is 5.75. The number of rotatable bonds is 7. The van der Waals surface area contributed by atoms with Crippen molar-refractivity contribution in [2.75, 3.05) is 19.6 Å². The number of nitrogens with one attached hydrogen (secondary N) is 1. The van der Waals surface area contributed by atoms with Crippen LogP contribution in [0.3, 0.4) is 0 Å². The second kappa shape index (κ2) is 8.79. The summed E-state index contributed by atoms with van der Waals surface area (Å²) in [7, 11) is 0. The Morgan fingerprint density at radius 3 is 2.84 bits per heavy atom. The van der Waals surface area contributed by atoms with E-state index < -0.39 is 0 Å². The summed E-state index contributed by atoms with van der Waals surface area (Å²) in [6.45, 7) is 7.95. The fourth-order valence-corrected chi connectivity index (χ4v) is 4.55. The summed E-state index contributed by atoms with van der Waals surface area (Å²) in [4.78, 5) is 19.1. The van der Waals surface area contributed by atoms with Gasteiger partial charge >= 0.3 is 0 Å². The minimum atomic E-state index is 0.208. The predicted molar refractivity (Wildman–Crippen MR) is 98.3 cm³/mol. The topological polar surface area (TPSA) is 63.1 Å². The van der Waals surface area contributed by atoms with Crippen LogP contribution >= 0.6 is 0 Å². The normalized spacial score (nSPS) is 24.1. The Morgan fingerprint density at radius 2 is 2.04 bits per heavy atom. The van der Waals surface area contributed by atoms with Crippen LogP contribution in [0.5, 0.6) is 0 Å². The molecule has 2 fully saturated rings. The van der Waals surface area contributed by atoms with E-state index in [0.29, 0.717) is 6.42 Å². The number of aryl methyl sites for hydroxylation is 3. The first kappa shape index (κ1) is 18.4. The maximum atomic E-state index is 12.2. The highest BCUT2D eigenvalue weighted by Gasteiger charge is 2.32. The van der Waals surface area contributed by atoms with Gasteiger partial charge in [0.05, 0.1) is 0 Å². The van der Waals surface area contributed by atoms with Gasteiger partial charge in [0.2, 0.25) is 5.91 Å². The molecule has 0 unspecified atom stereocenters. The molecule has 140 valence electrons. The van der Waals surface area contributed by atoms with Gasteiger partial charge in [0.15, 0.2) is 0 Å². The summed E-state index contributed by atoms with van der Waals surface area (Å²) in [5.41, 5.74) is 0. The number of piperidine rings is 2. The van der Waals surface area contributed by atoms with E-state index in [0.717, 1.165) is 49.5 Å². The highest BCUT2D eigenvalue weighted by atomic mass is 16.1. The number of nitrogens with zero attached hydrogens (tertiary/aromatic N) is 4. The zero-order valence-electron chi connectivity index (χ0n) is 15.8. The van der Waals surface area contributed by atoms with E-state index in [9.17, 15) is 4.79 Å². The van der Waals surface area contributed by atoms with Crippen LogP contribution in [-0.4, -0.2) is 51.2 Å². The Morgan fingerprint density at radius 1 is 1.20 bits per heavy atom. The van der Waals surface area contributed by atoms with Crippen molar-refractivity contribution in [3.63, 3.8) is 0 Å². The molecular weight excluding hydrogens is 314 g/mol. The molecule has 2 aliphatic rings. The van der Waals surface area contributed by atoms with Crippen molar-refractivity contribution in [2.24, 2.45) is 5.92 Å². The molecule has 3 heterocycles. The zero-order chi connectivity index (χ0) is 17.6. The van der Waals surface area contributed by atoms with Crippen molar-refractivity contribution >= 4 is 5.91 Å². The van der Waals surface area contributed by atoms with E-state index in [4.69, 9.17) is 0 Å². The van der Waals surface area contributed by atoms with Gasteiger partial charge in [0.25, 0.3) is 0 Å². The summed E-state index contributed by atoms with van der Waals surface area (Å²) in [5, 5.41) is 7.43. The van der Waals surface area contributed by atoms with E-state index in [1.807, 2.05) is 18.5 Å². The molecule has 2 atom stereocenters. The van der Waals surface area contributed by atoms with Crippen LogP contribution in [0.2, 0.25) is 0 Å². The number of hydrogen-bond donors (Lipinski definition) is 1. The lowest BCUT2D eigenvalue weighted by Crippen LogP contribution is -2.48. The van der Waals surface area contributed by atoms with Crippen LogP contribution in [0.15, 0.2) is 0 Å². The minimum absolute atomic E-state index is 0.208. The summed E-state index contributed by atoms with van der Waals surface area (Å²) in [6.07, 6.45) is 9.29. The Kier molecular flexibility index (Phi) is 6.45. The Labute approximate surface area is 151 Å². The van der Waals surface area contributed by atoms with Crippen molar-refractivity contribution in [1.82, 2.24) is 25.0 Å². The summed E-state index contributed by atoms with van der Waals surface area (Å²) in [5.74, 6) is 2.68. The fourth-order valence-electron chi connectivity index (χ4n) is 4.55. The summed E-state index contributed by atoms with van der Waals surface area (Å²) in [6, 6.07) is 0.744. The van der Waals surface area contributed by atoms with Crippen molar-refractivity contribution in [3.05, 3.63) is 11.6 Å². The van der Waals surface area contributed by atoms with Gasteiger partial charge in [0.1, 0.15) is 11.6 Å². The lowest BCUT2D eigenvalue weighted by Gasteiger charge is -2.44. The average Bonchev–Trinajstić information content (AvgIpc) is 2.94. The van der Waals surface area contributed by atoms with Gasteiger partial charge in [-0.25, -0.2) is 4.98 Å². The lowest BCUT2D eigenvalue weighted by molar-refractivity contribution is -0.121. The lowest BCUT2D eigenvalue weighted by atomic mass is 9.81. The average molecular weight is 348 g/mol. The molecule has 1 amide bonds. The van der Waals surface area contributed by atoms with Gasteiger partial charge in [0, 0.05) is 25.6 Å². The number of carbonyl (C=O) groups excluding carboxylic acids is 1. The second-order valence-corrected chi connectivity index (χ2v) is 7.67. The fraction of sp³-hybridized carbons (Fsp3) is 0.842. The molecule has 2 saturated heterocycles. The van der Waals surface area contributed by atoms with Crippen molar-refractivity contribution in [3.8, 4) is 0 Å². The number of hydrogen-bond acceptors (Lipinski definition) is 4. The Hall–Kier alpha value is -1.43. The molecule has 0 saturated carbocycles. The molecule has 0 aliphatic carbocycles. The molecule has 6 nitrogen and oxygen atoms in total. The molecule has 1 aromatic heterocycles. The van der Waals surface area contributed by atoms with Gasteiger partial charge in [-0.15, -0.1) is 0 Å². The SMILES string of the molecule is Cc1nc(C)n(CCCNC(=O)CC[C@@H]2CCCN3CCCC[C@H]23)n1. The van der Waals surface area contributed by atoms with E-state index in [1.54, 1.807) is 0 Å². The minimum Gasteiger partial charge on any atom is -0.356 e. The van der Waals surface area contributed by atoms with Gasteiger partial charge < -0.3 is 10.2 Å². The number of fused-ring (bicyclic) bond motifs is 1.